The van der Waals surface area contributed by atoms with Crippen LogP contribution in [0.4, 0.5) is 0 Å². The number of ether oxygens (including phenoxy) is 1. The van der Waals surface area contributed by atoms with Gasteiger partial charge in [0.05, 0.1) is 0 Å². The third kappa shape index (κ3) is 11.2. The molecule has 0 saturated carbocycles. The predicted molar refractivity (Wildman–Crippen MR) is 111 cm³/mol. The minimum atomic E-state index is -0.0177. The molecule has 0 heterocycles. The fraction of sp³-hybridized carbons (Fsp3) is 0.600. The molecule has 152 valence electrons. The van der Waals surface area contributed by atoms with E-state index in [0.29, 0.717) is 5.96 Å². The van der Waals surface area contributed by atoms with Gasteiger partial charge in [0, 0.05) is 54.0 Å². The summed E-state index contributed by atoms with van der Waals surface area (Å²) in [7, 11) is 7.29. The Labute approximate surface area is 163 Å². The van der Waals surface area contributed by atoms with Crippen LogP contribution in [0.2, 0.25) is 0 Å². The summed E-state index contributed by atoms with van der Waals surface area (Å²) in [5.41, 5.74) is 1.27. The molecule has 2 N–H and O–H groups in total. The topological polar surface area (TPSA) is 69.2 Å². The summed E-state index contributed by atoms with van der Waals surface area (Å²) in [5, 5.41) is 6.64. The van der Waals surface area contributed by atoms with Gasteiger partial charge in [0.25, 0.3) is 0 Å². The van der Waals surface area contributed by atoms with Crippen molar-refractivity contribution < 1.29 is 9.53 Å². The van der Waals surface area contributed by atoms with E-state index in [9.17, 15) is 4.79 Å². The number of amides is 1. The maximum atomic E-state index is 11.8. The molecule has 7 heteroatoms. The van der Waals surface area contributed by atoms with Gasteiger partial charge in [-0.2, -0.15) is 0 Å². The van der Waals surface area contributed by atoms with Gasteiger partial charge >= 0.3 is 0 Å². The van der Waals surface area contributed by atoms with Crippen LogP contribution in [0.5, 0.6) is 0 Å². The lowest BCUT2D eigenvalue weighted by Gasteiger charge is -2.18. The van der Waals surface area contributed by atoms with Gasteiger partial charge in [0.2, 0.25) is 5.91 Å². The molecule has 0 radical (unpaired) electrons. The Morgan fingerprint density at radius 1 is 1.07 bits per heavy atom. The Bertz CT molecular complexity index is 549. The van der Waals surface area contributed by atoms with Gasteiger partial charge in [-0.3, -0.25) is 4.79 Å². The molecule has 1 amide bonds. The van der Waals surface area contributed by atoms with Gasteiger partial charge in [-0.25, -0.2) is 4.99 Å². The van der Waals surface area contributed by atoms with E-state index in [0.717, 1.165) is 45.6 Å². The van der Waals surface area contributed by atoms with Crippen molar-refractivity contribution in [3.05, 3.63) is 35.9 Å². The van der Waals surface area contributed by atoms with E-state index in [1.165, 1.54) is 5.56 Å². The molecule has 0 aliphatic carbocycles. The first kappa shape index (κ1) is 22.9. The number of likely N-dealkylation sites (N-methyl/N-ethyl adjacent to an activating group) is 2. The Hall–Kier alpha value is -2.12. The first-order valence-corrected chi connectivity index (χ1v) is 9.46. The number of benzene rings is 1. The number of guanidine groups is 1. The van der Waals surface area contributed by atoms with Crippen LogP contribution in [0.15, 0.2) is 35.3 Å². The Kier molecular flexibility index (Phi) is 11.9. The first-order chi connectivity index (χ1) is 13.0. The van der Waals surface area contributed by atoms with E-state index in [4.69, 9.17) is 4.74 Å². The number of hydrogen-bond donors (Lipinski definition) is 2. The number of aliphatic imine (C=N–C) groups is 1. The van der Waals surface area contributed by atoms with Crippen LogP contribution < -0.4 is 10.6 Å². The zero-order valence-electron chi connectivity index (χ0n) is 17.2. The minimum absolute atomic E-state index is 0.0177. The number of methoxy groups -OCH3 is 1. The average Bonchev–Trinajstić information content (AvgIpc) is 2.66. The summed E-state index contributed by atoms with van der Waals surface area (Å²) in [6.07, 6.45) is 1.92. The van der Waals surface area contributed by atoms with Crippen LogP contribution in [0.3, 0.4) is 0 Å². The van der Waals surface area contributed by atoms with Crippen molar-refractivity contribution in [2.24, 2.45) is 4.99 Å². The Balaban J connectivity index is 2.44. The van der Waals surface area contributed by atoms with Crippen LogP contribution >= 0.6 is 0 Å². The molecule has 1 aromatic carbocycles. The third-order valence-electron chi connectivity index (χ3n) is 4.09. The molecule has 0 bridgehead atoms. The lowest BCUT2D eigenvalue weighted by Crippen LogP contribution is -2.42. The highest BCUT2D eigenvalue weighted by atomic mass is 16.5. The normalized spacial score (nSPS) is 11.5. The first-order valence-electron chi connectivity index (χ1n) is 9.46. The molecule has 0 aromatic heterocycles. The van der Waals surface area contributed by atoms with Gasteiger partial charge < -0.3 is 25.2 Å². The smallest absolute Gasteiger partial charge is 0.243 e. The molecular weight excluding hydrogens is 342 g/mol. The van der Waals surface area contributed by atoms with Crippen molar-refractivity contribution in [1.82, 2.24) is 20.4 Å². The molecule has 1 aromatic rings. The zero-order chi connectivity index (χ0) is 19.9. The predicted octanol–water partition coefficient (Wildman–Crippen LogP) is 0.821. The largest absolute Gasteiger partial charge is 0.385 e. The van der Waals surface area contributed by atoms with E-state index >= 15 is 0 Å². The van der Waals surface area contributed by atoms with Crippen LogP contribution in [0.1, 0.15) is 12.0 Å². The van der Waals surface area contributed by atoms with Gasteiger partial charge in [0.15, 0.2) is 5.96 Å². The number of carbonyl (C=O) groups is 1. The van der Waals surface area contributed by atoms with Crippen molar-refractivity contribution in [3.8, 4) is 0 Å². The number of carbonyl (C=O) groups excluding carboxylic acids is 1. The molecule has 27 heavy (non-hydrogen) atoms. The van der Waals surface area contributed by atoms with Crippen LogP contribution in [0.25, 0.3) is 0 Å². The Morgan fingerprint density at radius 3 is 2.44 bits per heavy atom. The van der Waals surface area contributed by atoms with Crippen molar-refractivity contribution >= 4 is 11.9 Å². The third-order valence-corrected chi connectivity index (χ3v) is 4.09. The standard InChI is InChI=1S/C20H35N5O2/c1-24(2)19(26)17-23-20(21-12-11-18-9-6-5-7-10-18)22-13-15-25(3)14-8-16-27-4/h5-7,9-10H,8,11-17H2,1-4H3,(H2,21,22,23). The van der Waals surface area contributed by atoms with E-state index in [-0.39, 0.29) is 12.5 Å². The molecular formula is C20H35N5O2. The number of nitrogens with one attached hydrogen (secondary N) is 2. The maximum absolute atomic E-state index is 11.8. The molecule has 1 rings (SSSR count). The summed E-state index contributed by atoms with van der Waals surface area (Å²) >= 11 is 0. The highest BCUT2D eigenvalue weighted by molar-refractivity contribution is 5.84. The summed E-state index contributed by atoms with van der Waals surface area (Å²) in [5.74, 6) is 0.655. The fourth-order valence-corrected chi connectivity index (χ4v) is 2.39. The van der Waals surface area contributed by atoms with Crippen LogP contribution in [-0.4, -0.2) is 89.3 Å². The van der Waals surface area contributed by atoms with Crippen molar-refractivity contribution in [1.29, 1.82) is 0 Å². The second-order valence-corrected chi connectivity index (χ2v) is 6.69. The van der Waals surface area contributed by atoms with Crippen molar-refractivity contribution in [2.45, 2.75) is 12.8 Å². The monoisotopic (exact) mass is 377 g/mol. The lowest BCUT2D eigenvalue weighted by atomic mass is 10.1. The summed E-state index contributed by atoms with van der Waals surface area (Å²) < 4.78 is 5.08. The SMILES string of the molecule is COCCCN(C)CCNC(=NCC(=O)N(C)C)NCCc1ccccc1. The highest BCUT2D eigenvalue weighted by Crippen LogP contribution is 1.98. The van der Waals surface area contributed by atoms with Crippen LogP contribution in [-0.2, 0) is 16.0 Å². The van der Waals surface area contributed by atoms with Crippen molar-refractivity contribution in [2.75, 3.05) is 67.6 Å². The molecule has 0 unspecified atom stereocenters. The fourth-order valence-electron chi connectivity index (χ4n) is 2.39. The molecule has 0 aliphatic rings. The summed E-state index contributed by atoms with van der Waals surface area (Å²) in [6, 6.07) is 10.3. The summed E-state index contributed by atoms with van der Waals surface area (Å²) in [4.78, 5) is 20.0. The number of nitrogens with zero attached hydrogens (tertiary/aromatic N) is 3. The average molecular weight is 378 g/mol. The van der Waals surface area contributed by atoms with E-state index in [2.05, 4.69) is 39.7 Å². The molecule has 0 fully saturated rings. The zero-order valence-corrected chi connectivity index (χ0v) is 17.2. The summed E-state index contributed by atoms with van der Waals surface area (Å²) in [6.45, 7) is 4.31. The second-order valence-electron chi connectivity index (χ2n) is 6.69. The molecule has 0 atom stereocenters. The van der Waals surface area contributed by atoms with Crippen LogP contribution in [0, 0.1) is 0 Å². The van der Waals surface area contributed by atoms with E-state index in [1.54, 1.807) is 26.1 Å². The van der Waals surface area contributed by atoms with E-state index in [1.807, 2.05) is 18.2 Å². The quantitative estimate of drug-likeness (QED) is 0.321. The minimum Gasteiger partial charge on any atom is -0.385 e. The second kappa shape index (κ2) is 14.0. The maximum Gasteiger partial charge on any atom is 0.243 e. The molecule has 0 spiro atoms. The molecule has 0 saturated heterocycles. The van der Waals surface area contributed by atoms with Gasteiger partial charge in [-0.05, 0) is 25.5 Å². The number of rotatable bonds is 12. The Morgan fingerprint density at radius 2 is 1.78 bits per heavy atom. The van der Waals surface area contributed by atoms with Gasteiger partial charge in [-0.1, -0.05) is 30.3 Å². The molecule has 7 nitrogen and oxygen atoms in total. The molecule has 0 aliphatic heterocycles. The lowest BCUT2D eigenvalue weighted by molar-refractivity contribution is -0.127. The number of hydrogen-bond acceptors (Lipinski definition) is 4. The van der Waals surface area contributed by atoms with E-state index < -0.39 is 0 Å². The van der Waals surface area contributed by atoms with Gasteiger partial charge in [-0.15, -0.1) is 0 Å². The van der Waals surface area contributed by atoms with Gasteiger partial charge in [0.1, 0.15) is 6.54 Å². The van der Waals surface area contributed by atoms with Crippen molar-refractivity contribution in [3.63, 3.8) is 0 Å². The highest BCUT2D eigenvalue weighted by Gasteiger charge is 2.05.